The second-order valence-electron chi connectivity index (χ2n) is 5.41. The molecule has 1 aliphatic heterocycles. The second kappa shape index (κ2) is 5.50. The molecular formula is C17H16N4S. The smallest absolute Gasteiger partial charge is 0.210 e. The van der Waals surface area contributed by atoms with E-state index in [1.54, 1.807) is 11.8 Å². The van der Waals surface area contributed by atoms with Crippen molar-refractivity contribution in [2.45, 2.75) is 18.1 Å². The molecule has 0 amide bonds. The number of nitrogens with one attached hydrogen (secondary N) is 1. The van der Waals surface area contributed by atoms with Crippen LogP contribution in [0.3, 0.4) is 0 Å². The Morgan fingerprint density at radius 1 is 1.05 bits per heavy atom. The van der Waals surface area contributed by atoms with E-state index >= 15 is 0 Å². The van der Waals surface area contributed by atoms with Crippen LogP contribution in [0.25, 0.3) is 11.4 Å². The average molecular weight is 308 g/mol. The van der Waals surface area contributed by atoms with Crippen molar-refractivity contribution in [2.75, 3.05) is 11.2 Å². The first-order valence-corrected chi connectivity index (χ1v) is 8.26. The van der Waals surface area contributed by atoms with E-state index < -0.39 is 0 Å². The molecule has 1 atom stereocenters. The van der Waals surface area contributed by atoms with Gasteiger partial charge in [0.15, 0.2) is 5.82 Å². The van der Waals surface area contributed by atoms with E-state index in [0.717, 1.165) is 22.3 Å². The van der Waals surface area contributed by atoms with Gasteiger partial charge in [0.25, 0.3) is 0 Å². The molecule has 1 unspecified atom stereocenters. The number of fused-ring (bicyclic) bond motifs is 1. The topological polar surface area (TPSA) is 42.7 Å². The molecule has 2 heterocycles. The Hall–Kier alpha value is -2.27. The third-order valence-corrected chi connectivity index (χ3v) is 4.83. The van der Waals surface area contributed by atoms with Crippen LogP contribution < -0.4 is 5.43 Å². The van der Waals surface area contributed by atoms with Crippen LogP contribution in [0, 0.1) is 6.92 Å². The normalized spacial score (nSPS) is 16.9. The van der Waals surface area contributed by atoms with Crippen molar-refractivity contribution in [3.63, 3.8) is 0 Å². The number of hydrogen-bond donors (Lipinski definition) is 1. The lowest BCUT2D eigenvalue weighted by Crippen LogP contribution is -2.28. The number of nitrogens with zero attached hydrogens (tertiary/aromatic N) is 3. The van der Waals surface area contributed by atoms with Crippen molar-refractivity contribution in [2.24, 2.45) is 0 Å². The van der Waals surface area contributed by atoms with Crippen molar-refractivity contribution in [1.29, 1.82) is 0 Å². The third-order valence-electron chi connectivity index (χ3n) is 3.81. The maximum atomic E-state index is 4.34. The molecule has 4 rings (SSSR count). The zero-order chi connectivity index (χ0) is 14.9. The molecule has 0 radical (unpaired) electrons. The molecule has 4 nitrogen and oxygen atoms in total. The highest BCUT2D eigenvalue weighted by atomic mass is 32.2. The molecule has 0 fully saturated rings. The summed E-state index contributed by atoms with van der Waals surface area (Å²) < 4.78 is 2.01. The maximum Gasteiger partial charge on any atom is 0.210 e. The van der Waals surface area contributed by atoms with Gasteiger partial charge in [-0.2, -0.15) is 0 Å². The van der Waals surface area contributed by atoms with Crippen molar-refractivity contribution in [1.82, 2.24) is 14.9 Å². The van der Waals surface area contributed by atoms with Gasteiger partial charge in [0.2, 0.25) is 5.16 Å². The molecule has 2 aromatic carbocycles. The van der Waals surface area contributed by atoms with Crippen molar-refractivity contribution in [3.8, 4) is 11.4 Å². The lowest BCUT2D eigenvalue weighted by Gasteiger charge is -2.26. The van der Waals surface area contributed by atoms with Crippen LogP contribution in [-0.2, 0) is 0 Å². The number of aryl methyl sites for hydroxylation is 1. The van der Waals surface area contributed by atoms with Crippen LogP contribution >= 0.6 is 11.8 Å². The zero-order valence-electron chi connectivity index (χ0n) is 12.2. The SMILES string of the molecule is Cc1ccc(C2CSc3nnc(-c4ccccc4)n3N2)cc1. The van der Waals surface area contributed by atoms with Gasteiger partial charge >= 0.3 is 0 Å². The molecule has 1 aliphatic rings. The van der Waals surface area contributed by atoms with E-state index in [9.17, 15) is 0 Å². The lowest BCUT2D eigenvalue weighted by molar-refractivity contribution is 0.663. The van der Waals surface area contributed by atoms with E-state index in [2.05, 4.69) is 58.9 Å². The lowest BCUT2D eigenvalue weighted by atomic mass is 10.1. The molecule has 1 N–H and O–H groups in total. The fraction of sp³-hybridized carbons (Fsp3) is 0.176. The maximum absolute atomic E-state index is 4.34. The number of benzene rings is 2. The second-order valence-corrected chi connectivity index (χ2v) is 6.40. The molecule has 0 bridgehead atoms. The minimum Gasteiger partial charge on any atom is -0.314 e. The Bertz CT molecular complexity index is 780. The molecule has 3 aromatic rings. The monoisotopic (exact) mass is 308 g/mol. The summed E-state index contributed by atoms with van der Waals surface area (Å²) >= 11 is 1.74. The van der Waals surface area contributed by atoms with Crippen molar-refractivity contribution >= 4 is 11.8 Å². The summed E-state index contributed by atoms with van der Waals surface area (Å²) in [6, 6.07) is 19.1. The first kappa shape index (κ1) is 13.4. The van der Waals surface area contributed by atoms with Crippen LogP contribution in [0.1, 0.15) is 17.2 Å². The van der Waals surface area contributed by atoms with E-state index in [1.165, 1.54) is 11.1 Å². The third kappa shape index (κ3) is 2.37. The molecule has 0 aliphatic carbocycles. The summed E-state index contributed by atoms with van der Waals surface area (Å²) in [5.41, 5.74) is 7.19. The summed E-state index contributed by atoms with van der Waals surface area (Å²) in [7, 11) is 0. The number of aromatic nitrogens is 3. The Morgan fingerprint density at radius 2 is 1.82 bits per heavy atom. The summed E-state index contributed by atoms with van der Waals surface area (Å²) in [4.78, 5) is 0. The highest BCUT2D eigenvalue weighted by Crippen LogP contribution is 2.32. The molecule has 0 saturated carbocycles. The Morgan fingerprint density at radius 3 is 2.59 bits per heavy atom. The minimum absolute atomic E-state index is 0.261. The van der Waals surface area contributed by atoms with E-state index in [0.29, 0.717) is 0 Å². The van der Waals surface area contributed by atoms with Gasteiger partial charge in [0, 0.05) is 11.3 Å². The van der Waals surface area contributed by atoms with Gasteiger partial charge in [0.1, 0.15) is 0 Å². The fourth-order valence-electron chi connectivity index (χ4n) is 2.57. The van der Waals surface area contributed by atoms with Crippen molar-refractivity contribution in [3.05, 3.63) is 65.7 Å². The molecule has 0 saturated heterocycles. The number of rotatable bonds is 2. The van der Waals surface area contributed by atoms with E-state index in [1.807, 2.05) is 22.9 Å². The van der Waals surface area contributed by atoms with E-state index in [-0.39, 0.29) is 6.04 Å². The van der Waals surface area contributed by atoms with Crippen LogP contribution in [-0.4, -0.2) is 20.6 Å². The van der Waals surface area contributed by atoms with Gasteiger partial charge in [-0.25, -0.2) is 4.68 Å². The number of hydrogen-bond acceptors (Lipinski definition) is 4. The molecular weight excluding hydrogens is 292 g/mol. The summed E-state index contributed by atoms with van der Waals surface area (Å²) in [5.74, 6) is 1.82. The predicted molar refractivity (Wildman–Crippen MR) is 89.5 cm³/mol. The van der Waals surface area contributed by atoms with Gasteiger partial charge in [-0.3, -0.25) is 0 Å². The van der Waals surface area contributed by atoms with Gasteiger partial charge in [0.05, 0.1) is 6.04 Å². The Kier molecular flexibility index (Phi) is 3.35. The first-order valence-electron chi connectivity index (χ1n) is 7.28. The molecule has 1 aromatic heterocycles. The quantitative estimate of drug-likeness (QED) is 0.785. The predicted octanol–water partition coefficient (Wildman–Crippen LogP) is 3.64. The first-order chi connectivity index (χ1) is 10.8. The Labute approximate surface area is 133 Å². The summed E-state index contributed by atoms with van der Waals surface area (Å²) in [5, 5.41) is 9.55. The van der Waals surface area contributed by atoms with Crippen LogP contribution in [0.2, 0.25) is 0 Å². The zero-order valence-corrected chi connectivity index (χ0v) is 13.0. The van der Waals surface area contributed by atoms with Crippen LogP contribution in [0.5, 0.6) is 0 Å². The molecule has 110 valence electrons. The van der Waals surface area contributed by atoms with Crippen LogP contribution in [0.15, 0.2) is 59.8 Å². The minimum atomic E-state index is 0.261. The Balaban J connectivity index is 1.68. The highest BCUT2D eigenvalue weighted by molar-refractivity contribution is 7.99. The fourth-order valence-corrected chi connectivity index (χ4v) is 3.52. The highest BCUT2D eigenvalue weighted by Gasteiger charge is 2.24. The summed E-state index contributed by atoms with van der Waals surface area (Å²) in [6.07, 6.45) is 0. The van der Waals surface area contributed by atoms with Gasteiger partial charge in [-0.1, -0.05) is 71.9 Å². The van der Waals surface area contributed by atoms with Gasteiger partial charge in [-0.15, -0.1) is 10.2 Å². The summed E-state index contributed by atoms with van der Waals surface area (Å²) in [6.45, 7) is 2.11. The van der Waals surface area contributed by atoms with Gasteiger partial charge < -0.3 is 5.43 Å². The molecule has 22 heavy (non-hydrogen) atoms. The molecule has 0 spiro atoms. The van der Waals surface area contributed by atoms with Crippen molar-refractivity contribution < 1.29 is 0 Å². The van der Waals surface area contributed by atoms with E-state index in [4.69, 9.17) is 0 Å². The molecule has 5 heteroatoms. The average Bonchev–Trinajstić information content (AvgIpc) is 2.99. The van der Waals surface area contributed by atoms with Crippen LogP contribution in [0.4, 0.5) is 0 Å². The largest absolute Gasteiger partial charge is 0.314 e. The number of thioether (sulfide) groups is 1. The van der Waals surface area contributed by atoms with Gasteiger partial charge in [-0.05, 0) is 12.5 Å². The standard InChI is InChI=1S/C17H16N4S/c1-12-7-9-13(10-8-12)15-11-22-17-19-18-16(21(17)20-15)14-5-3-2-4-6-14/h2-10,15,20H,11H2,1H3.